The topological polar surface area (TPSA) is 20.2 Å². The van der Waals surface area contributed by atoms with Gasteiger partial charge in [-0.2, -0.15) is 0 Å². The number of rotatable bonds is 5. The van der Waals surface area contributed by atoms with E-state index in [0.29, 0.717) is 5.92 Å². The van der Waals surface area contributed by atoms with Gasteiger partial charge in [0.25, 0.3) is 0 Å². The molecule has 0 heterocycles. The van der Waals surface area contributed by atoms with Gasteiger partial charge in [-0.3, -0.25) is 0 Å². The first-order valence-electron chi connectivity index (χ1n) is 6.58. The van der Waals surface area contributed by atoms with Crippen LogP contribution < -0.4 is 0 Å². The van der Waals surface area contributed by atoms with E-state index in [1.165, 1.54) is 16.7 Å². The lowest BCUT2D eigenvalue weighted by molar-refractivity contribution is 0.222. The SMILES string of the molecule is CCC(CO)Cc1ccc(-c2ccccc2)cc1. The van der Waals surface area contributed by atoms with E-state index in [1.807, 2.05) is 6.07 Å². The molecular formula is C17H20O. The Bertz CT molecular complexity index is 455. The fourth-order valence-corrected chi connectivity index (χ4v) is 2.14. The highest BCUT2D eigenvalue weighted by Crippen LogP contribution is 2.20. The molecule has 0 spiro atoms. The van der Waals surface area contributed by atoms with Crippen LogP contribution in [0.1, 0.15) is 18.9 Å². The summed E-state index contributed by atoms with van der Waals surface area (Å²) in [5.41, 5.74) is 3.80. The maximum absolute atomic E-state index is 9.22. The van der Waals surface area contributed by atoms with Crippen molar-refractivity contribution in [3.63, 3.8) is 0 Å². The normalized spacial score (nSPS) is 12.3. The van der Waals surface area contributed by atoms with Crippen LogP contribution >= 0.6 is 0 Å². The molecule has 94 valence electrons. The minimum Gasteiger partial charge on any atom is -0.396 e. The molecule has 2 aromatic rings. The Kier molecular flexibility index (Phi) is 4.54. The molecule has 0 bridgehead atoms. The molecule has 0 saturated heterocycles. The third-order valence-corrected chi connectivity index (χ3v) is 3.42. The molecule has 18 heavy (non-hydrogen) atoms. The highest BCUT2D eigenvalue weighted by atomic mass is 16.3. The molecule has 2 aromatic carbocycles. The van der Waals surface area contributed by atoms with E-state index in [9.17, 15) is 5.11 Å². The van der Waals surface area contributed by atoms with E-state index in [0.717, 1.165) is 12.8 Å². The number of hydrogen-bond acceptors (Lipinski definition) is 1. The second kappa shape index (κ2) is 6.36. The molecule has 0 aliphatic heterocycles. The summed E-state index contributed by atoms with van der Waals surface area (Å²) in [4.78, 5) is 0. The van der Waals surface area contributed by atoms with Crippen LogP contribution in [0, 0.1) is 5.92 Å². The first-order valence-corrected chi connectivity index (χ1v) is 6.58. The summed E-state index contributed by atoms with van der Waals surface area (Å²) in [7, 11) is 0. The Hall–Kier alpha value is -1.60. The molecule has 2 rings (SSSR count). The average molecular weight is 240 g/mol. The van der Waals surface area contributed by atoms with Gasteiger partial charge >= 0.3 is 0 Å². The molecule has 0 saturated carbocycles. The van der Waals surface area contributed by atoms with Crippen LogP contribution in [0.25, 0.3) is 11.1 Å². The number of aliphatic hydroxyl groups excluding tert-OH is 1. The lowest BCUT2D eigenvalue weighted by atomic mass is 9.96. The van der Waals surface area contributed by atoms with Crippen LogP contribution in [0.15, 0.2) is 54.6 Å². The molecule has 0 aromatic heterocycles. The molecule has 0 aliphatic rings. The van der Waals surface area contributed by atoms with Gasteiger partial charge < -0.3 is 5.11 Å². The zero-order valence-electron chi connectivity index (χ0n) is 10.8. The summed E-state index contributed by atoms with van der Waals surface area (Å²) in [5.74, 6) is 0.382. The lowest BCUT2D eigenvalue weighted by Gasteiger charge is -2.11. The molecule has 1 heteroatoms. The van der Waals surface area contributed by atoms with Crippen molar-refractivity contribution in [2.45, 2.75) is 19.8 Å². The van der Waals surface area contributed by atoms with Gasteiger partial charge in [0.1, 0.15) is 0 Å². The predicted octanol–water partition coefficient (Wildman–Crippen LogP) is 3.91. The lowest BCUT2D eigenvalue weighted by Crippen LogP contribution is -2.07. The fourth-order valence-electron chi connectivity index (χ4n) is 2.14. The number of benzene rings is 2. The largest absolute Gasteiger partial charge is 0.396 e. The summed E-state index contributed by atoms with van der Waals surface area (Å²) < 4.78 is 0. The fraction of sp³-hybridized carbons (Fsp3) is 0.294. The second-order valence-electron chi connectivity index (χ2n) is 4.72. The summed E-state index contributed by atoms with van der Waals surface area (Å²) in [6.45, 7) is 2.40. The van der Waals surface area contributed by atoms with Crippen LogP contribution in [0.4, 0.5) is 0 Å². The Morgan fingerprint density at radius 1 is 0.889 bits per heavy atom. The van der Waals surface area contributed by atoms with Gasteiger partial charge in [0.05, 0.1) is 0 Å². The highest BCUT2D eigenvalue weighted by molar-refractivity contribution is 5.63. The van der Waals surface area contributed by atoms with E-state index in [2.05, 4.69) is 55.5 Å². The third-order valence-electron chi connectivity index (χ3n) is 3.42. The first-order chi connectivity index (χ1) is 8.83. The van der Waals surface area contributed by atoms with Gasteiger partial charge in [-0.05, 0) is 29.0 Å². The molecule has 0 amide bonds. The van der Waals surface area contributed by atoms with Gasteiger partial charge in [0.2, 0.25) is 0 Å². The molecular weight excluding hydrogens is 220 g/mol. The second-order valence-corrected chi connectivity index (χ2v) is 4.72. The van der Waals surface area contributed by atoms with Crippen molar-refractivity contribution in [2.24, 2.45) is 5.92 Å². The van der Waals surface area contributed by atoms with E-state index < -0.39 is 0 Å². The maximum Gasteiger partial charge on any atom is 0.0462 e. The van der Waals surface area contributed by atoms with E-state index in [4.69, 9.17) is 0 Å². The van der Waals surface area contributed by atoms with E-state index >= 15 is 0 Å². The third kappa shape index (κ3) is 3.21. The monoisotopic (exact) mass is 240 g/mol. The molecule has 0 fully saturated rings. The summed E-state index contributed by atoms with van der Waals surface area (Å²) in [6, 6.07) is 19.1. The molecule has 0 aliphatic carbocycles. The quantitative estimate of drug-likeness (QED) is 0.840. The molecule has 1 nitrogen and oxygen atoms in total. The number of aliphatic hydroxyl groups is 1. The minimum absolute atomic E-state index is 0.275. The smallest absolute Gasteiger partial charge is 0.0462 e. The van der Waals surface area contributed by atoms with Crippen LogP contribution in [0.5, 0.6) is 0 Å². The van der Waals surface area contributed by atoms with Crippen molar-refractivity contribution < 1.29 is 5.11 Å². The molecule has 0 radical (unpaired) electrons. The van der Waals surface area contributed by atoms with Gasteiger partial charge in [0, 0.05) is 6.61 Å². The maximum atomic E-state index is 9.22. The summed E-state index contributed by atoms with van der Waals surface area (Å²) in [6.07, 6.45) is 1.99. The van der Waals surface area contributed by atoms with Crippen molar-refractivity contribution in [3.8, 4) is 11.1 Å². The zero-order chi connectivity index (χ0) is 12.8. The summed E-state index contributed by atoms with van der Waals surface area (Å²) in [5, 5.41) is 9.22. The van der Waals surface area contributed by atoms with E-state index in [-0.39, 0.29) is 6.61 Å². The zero-order valence-corrected chi connectivity index (χ0v) is 10.8. The van der Waals surface area contributed by atoms with E-state index in [1.54, 1.807) is 0 Å². The predicted molar refractivity (Wildman–Crippen MR) is 76.4 cm³/mol. The van der Waals surface area contributed by atoms with Crippen LogP contribution in [-0.4, -0.2) is 11.7 Å². The van der Waals surface area contributed by atoms with Crippen molar-refractivity contribution >= 4 is 0 Å². The first kappa shape index (κ1) is 12.8. The van der Waals surface area contributed by atoms with Gasteiger partial charge in [0.15, 0.2) is 0 Å². The van der Waals surface area contributed by atoms with Crippen molar-refractivity contribution in [3.05, 3.63) is 60.2 Å². The van der Waals surface area contributed by atoms with Gasteiger partial charge in [-0.25, -0.2) is 0 Å². The van der Waals surface area contributed by atoms with Crippen LogP contribution in [0.2, 0.25) is 0 Å². The Balaban J connectivity index is 2.11. The van der Waals surface area contributed by atoms with Crippen LogP contribution in [-0.2, 0) is 6.42 Å². The molecule has 1 atom stereocenters. The Morgan fingerprint density at radius 3 is 2.06 bits per heavy atom. The van der Waals surface area contributed by atoms with Crippen LogP contribution in [0.3, 0.4) is 0 Å². The Labute approximate surface area is 109 Å². The van der Waals surface area contributed by atoms with Crippen molar-refractivity contribution in [1.82, 2.24) is 0 Å². The molecule has 1 N–H and O–H groups in total. The Morgan fingerprint density at radius 2 is 1.50 bits per heavy atom. The summed E-state index contributed by atoms with van der Waals surface area (Å²) >= 11 is 0. The van der Waals surface area contributed by atoms with Crippen molar-refractivity contribution in [2.75, 3.05) is 6.61 Å². The highest BCUT2D eigenvalue weighted by Gasteiger charge is 2.06. The average Bonchev–Trinajstić information content (AvgIpc) is 2.46. The van der Waals surface area contributed by atoms with Gasteiger partial charge in [-0.15, -0.1) is 0 Å². The number of hydrogen-bond donors (Lipinski definition) is 1. The van der Waals surface area contributed by atoms with Crippen molar-refractivity contribution in [1.29, 1.82) is 0 Å². The minimum atomic E-state index is 0.275. The standard InChI is InChI=1S/C17H20O/c1-2-14(13-18)12-15-8-10-17(11-9-15)16-6-4-3-5-7-16/h3-11,14,18H,2,12-13H2,1H3. The van der Waals surface area contributed by atoms with Gasteiger partial charge in [-0.1, -0.05) is 67.9 Å². The molecule has 1 unspecified atom stereocenters.